The quantitative estimate of drug-likeness (QED) is 0.179. The molecule has 190 valence electrons. The predicted molar refractivity (Wildman–Crippen MR) is 146 cm³/mol. The van der Waals surface area contributed by atoms with Crippen molar-refractivity contribution in [2.24, 2.45) is 0 Å². The van der Waals surface area contributed by atoms with Crippen LogP contribution in [0.2, 0.25) is 0 Å². The molecule has 5 rings (SSSR count). The Morgan fingerprint density at radius 3 is 2.73 bits per heavy atom. The minimum absolute atomic E-state index is 0.0346. The molecule has 37 heavy (non-hydrogen) atoms. The topological polar surface area (TPSA) is 89.0 Å². The first-order valence-corrected chi connectivity index (χ1v) is 13.7. The summed E-state index contributed by atoms with van der Waals surface area (Å²) in [7, 11) is 1.59. The number of ether oxygens (including phenoxy) is 2. The maximum atomic E-state index is 13.6. The zero-order chi connectivity index (χ0) is 25.9. The average molecular weight is 535 g/mol. The summed E-state index contributed by atoms with van der Waals surface area (Å²) in [6, 6.07) is 15.4. The van der Waals surface area contributed by atoms with E-state index in [0.29, 0.717) is 39.2 Å². The molecule has 1 N–H and O–H groups in total. The Morgan fingerprint density at radius 2 is 1.97 bits per heavy atom. The van der Waals surface area contributed by atoms with Gasteiger partial charge in [0.15, 0.2) is 10.9 Å². The van der Waals surface area contributed by atoms with Gasteiger partial charge in [0.1, 0.15) is 11.5 Å². The number of benzene rings is 2. The van der Waals surface area contributed by atoms with Gasteiger partial charge in [-0.15, -0.1) is 11.3 Å². The van der Waals surface area contributed by atoms with Gasteiger partial charge in [-0.25, -0.2) is 4.98 Å². The van der Waals surface area contributed by atoms with E-state index in [2.05, 4.69) is 11.9 Å². The number of fused-ring (bicyclic) bond motifs is 1. The highest BCUT2D eigenvalue weighted by Crippen LogP contribution is 2.45. The molecule has 0 aliphatic carbocycles. The molecule has 1 aliphatic heterocycles. The summed E-state index contributed by atoms with van der Waals surface area (Å²) < 4.78 is 12.1. The van der Waals surface area contributed by atoms with Gasteiger partial charge in [-0.3, -0.25) is 14.5 Å². The second kappa shape index (κ2) is 10.7. The lowest BCUT2D eigenvalue weighted by molar-refractivity contribution is -0.117. The van der Waals surface area contributed by atoms with Crippen LogP contribution in [0.3, 0.4) is 0 Å². The lowest BCUT2D eigenvalue weighted by Crippen LogP contribution is -2.30. The maximum absolute atomic E-state index is 13.6. The molecule has 4 aromatic rings. The van der Waals surface area contributed by atoms with Crippen LogP contribution in [0.5, 0.6) is 11.5 Å². The van der Waals surface area contributed by atoms with E-state index in [9.17, 15) is 14.7 Å². The highest BCUT2D eigenvalue weighted by Gasteiger charge is 2.46. The Balaban J connectivity index is 1.59. The molecule has 0 radical (unpaired) electrons. The Labute approximate surface area is 222 Å². The van der Waals surface area contributed by atoms with Crippen molar-refractivity contribution in [3.05, 3.63) is 81.8 Å². The molecule has 9 heteroatoms. The van der Waals surface area contributed by atoms with Crippen molar-refractivity contribution in [1.29, 1.82) is 0 Å². The maximum Gasteiger partial charge on any atom is 0.296 e. The molecular formula is C28H26N2O5S2. The standard InChI is InChI=1S/C28H26N2O5S2/c1-3-4-5-13-35-19-9-6-8-17(15-19)24-23(25(31)21-10-7-14-36-21)26(32)27(33)30(24)28-29-20-12-11-18(34-2)16-22(20)37-28/h6-12,14-16,24,32H,3-5,13H2,1-2H3. The summed E-state index contributed by atoms with van der Waals surface area (Å²) in [6.07, 6.45) is 3.10. The number of carbonyl (C=O) groups is 2. The Kier molecular flexibility index (Phi) is 7.25. The van der Waals surface area contributed by atoms with Crippen molar-refractivity contribution in [1.82, 2.24) is 4.98 Å². The third-order valence-corrected chi connectivity index (χ3v) is 8.06. The van der Waals surface area contributed by atoms with Crippen LogP contribution in [0, 0.1) is 0 Å². The Bertz CT molecular complexity index is 1480. The first-order valence-electron chi connectivity index (χ1n) is 12.0. The number of aromatic nitrogens is 1. The molecule has 0 saturated heterocycles. The van der Waals surface area contributed by atoms with Crippen LogP contribution in [0.25, 0.3) is 10.2 Å². The van der Waals surface area contributed by atoms with E-state index in [1.54, 1.807) is 30.7 Å². The lowest BCUT2D eigenvalue weighted by atomic mass is 9.95. The van der Waals surface area contributed by atoms with Crippen molar-refractivity contribution in [3.63, 3.8) is 0 Å². The minimum Gasteiger partial charge on any atom is -0.503 e. The van der Waals surface area contributed by atoms with E-state index in [1.165, 1.54) is 27.6 Å². The molecule has 0 fully saturated rings. The van der Waals surface area contributed by atoms with E-state index in [-0.39, 0.29) is 11.4 Å². The van der Waals surface area contributed by atoms with Crippen LogP contribution < -0.4 is 14.4 Å². The fourth-order valence-corrected chi connectivity index (χ4v) is 6.03. The second-order valence-electron chi connectivity index (χ2n) is 8.60. The van der Waals surface area contributed by atoms with Crippen molar-refractivity contribution in [2.45, 2.75) is 32.2 Å². The van der Waals surface area contributed by atoms with Gasteiger partial charge in [-0.05, 0) is 53.8 Å². The van der Waals surface area contributed by atoms with Gasteiger partial charge < -0.3 is 14.6 Å². The number of hydrogen-bond donors (Lipinski definition) is 1. The molecule has 1 atom stereocenters. The summed E-state index contributed by atoms with van der Waals surface area (Å²) in [6.45, 7) is 2.71. The first-order chi connectivity index (χ1) is 18.0. The molecule has 0 bridgehead atoms. The number of rotatable bonds is 10. The molecule has 0 saturated carbocycles. The van der Waals surface area contributed by atoms with Gasteiger partial charge in [0.25, 0.3) is 5.91 Å². The average Bonchev–Trinajstić information content (AvgIpc) is 3.65. The summed E-state index contributed by atoms with van der Waals surface area (Å²) in [4.78, 5) is 33.6. The number of unbranched alkanes of at least 4 members (excludes halogenated alkanes) is 2. The van der Waals surface area contributed by atoms with Crippen molar-refractivity contribution in [3.8, 4) is 11.5 Å². The number of ketones is 1. The number of methoxy groups -OCH3 is 1. The largest absolute Gasteiger partial charge is 0.503 e. The van der Waals surface area contributed by atoms with Crippen LogP contribution in [-0.4, -0.2) is 35.5 Å². The predicted octanol–water partition coefficient (Wildman–Crippen LogP) is 6.72. The zero-order valence-corrected chi connectivity index (χ0v) is 22.1. The molecule has 1 unspecified atom stereocenters. The highest BCUT2D eigenvalue weighted by molar-refractivity contribution is 7.22. The van der Waals surface area contributed by atoms with E-state index < -0.39 is 17.7 Å². The van der Waals surface area contributed by atoms with E-state index >= 15 is 0 Å². The normalized spacial score (nSPS) is 15.6. The van der Waals surface area contributed by atoms with Gasteiger partial charge >= 0.3 is 0 Å². The van der Waals surface area contributed by atoms with E-state index in [0.717, 1.165) is 24.0 Å². The number of aliphatic hydroxyl groups excluding tert-OH is 1. The highest BCUT2D eigenvalue weighted by atomic mass is 32.1. The molecule has 3 heterocycles. The lowest BCUT2D eigenvalue weighted by Gasteiger charge is -2.24. The monoisotopic (exact) mass is 534 g/mol. The molecule has 1 amide bonds. The third-order valence-electron chi connectivity index (χ3n) is 6.18. The molecule has 2 aromatic heterocycles. The summed E-state index contributed by atoms with van der Waals surface area (Å²) >= 11 is 2.57. The minimum atomic E-state index is -0.858. The van der Waals surface area contributed by atoms with Crippen molar-refractivity contribution < 1.29 is 24.2 Å². The third kappa shape index (κ3) is 4.84. The van der Waals surface area contributed by atoms with Gasteiger partial charge in [0, 0.05) is 0 Å². The Hall–Kier alpha value is -3.69. The molecule has 0 spiro atoms. The summed E-state index contributed by atoms with van der Waals surface area (Å²) in [5, 5.41) is 13.2. The number of thiophene rings is 1. The number of amides is 1. The number of carbonyl (C=O) groups excluding carboxylic acids is 2. The van der Waals surface area contributed by atoms with Crippen LogP contribution in [0.1, 0.15) is 47.5 Å². The number of thiazole rings is 1. The summed E-state index contributed by atoms with van der Waals surface area (Å²) in [5.41, 5.74) is 1.38. The van der Waals surface area contributed by atoms with Crippen LogP contribution in [0.15, 0.2) is 71.3 Å². The van der Waals surface area contributed by atoms with Gasteiger partial charge in [0.2, 0.25) is 5.78 Å². The number of aliphatic hydroxyl groups is 1. The van der Waals surface area contributed by atoms with Crippen molar-refractivity contribution >= 4 is 49.7 Å². The van der Waals surface area contributed by atoms with Gasteiger partial charge in [0.05, 0.1) is 40.4 Å². The molecule has 1 aliphatic rings. The van der Waals surface area contributed by atoms with Crippen LogP contribution in [-0.2, 0) is 4.79 Å². The van der Waals surface area contributed by atoms with E-state index in [4.69, 9.17) is 9.47 Å². The number of Topliss-reactive ketones (excluding diaryl/α,β-unsaturated/α-hetero) is 1. The van der Waals surface area contributed by atoms with Crippen LogP contribution >= 0.6 is 22.7 Å². The SMILES string of the molecule is CCCCCOc1cccc(C2C(C(=O)c3cccs3)=C(O)C(=O)N2c2nc3ccc(OC)cc3s2)c1. The van der Waals surface area contributed by atoms with Gasteiger partial charge in [-0.2, -0.15) is 0 Å². The number of anilines is 1. The van der Waals surface area contributed by atoms with Crippen molar-refractivity contribution in [2.75, 3.05) is 18.6 Å². The summed E-state index contributed by atoms with van der Waals surface area (Å²) in [5.74, 6) is -0.288. The van der Waals surface area contributed by atoms with E-state index in [1.807, 2.05) is 36.4 Å². The zero-order valence-electron chi connectivity index (χ0n) is 20.5. The van der Waals surface area contributed by atoms with Crippen LogP contribution in [0.4, 0.5) is 5.13 Å². The fourth-order valence-electron chi connectivity index (χ4n) is 4.33. The fraction of sp³-hybridized carbons (Fsp3) is 0.250. The number of nitrogens with zero attached hydrogens (tertiary/aromatic N) is 2. The molecular weight excluding hydrogens is 508 g/mol. The number of hydrogen-bond acceptors (Lipinski definition) is 8. The second-order valence-corrected chi connectivity index (χ2v) is 10.6. The first kappa shape index (κ1) is 25.0. The Morgan fingerprint density at radius 1 is 1.11 bits per heavy atom. The molecule has 2 aromatic carbocycles. The molecule has 7 nitrogen and oxygen atoms in total. The smallest absolute Gasteiger partial charge is 0.296 e. The van der Waals surface area contributed by atoms with Gasteiger partial charge in [-0.1, -0.05) is 49.3 Å².